The van der Waals surface area contributed by atoms with E-state index in [1.54, 1.807) is 12.1 Å². The molecule has 0 atom stereocenters. The van der Waals surface area contributed by atoms with Gasteiger partial charge in [0.15, 0.2) is 11.5 Å². The number of benzene rings is 2. The number of ether oxygens (including phenoxy) is 2. The Bertz CT molecular complexity index is 1090. The maximum atomic E-state index is 14.3. The summed E-state index contributed by atoms with van der Waals surface area (Å²) in [5, 5.41) is 22.5. The van der Waals surface area contributed by atoms with Crippen LogP contribution in [0.5, 0.6) is 17.2 Å². The summed E-state index contributed by atoms with van der Waals surface area (Å²) in [6.45, 7) is 0.278. The zero-order chi connectivity index (χ0) is 20.3. The van der Waals surface area contributed by atoms with E-state index in [0.29, 0.717) is 34.0 Å². The molecular weight excluding hydrogens is 408 g/mol. The number of phenolic OH excluding ortho intramolecular Hbond substituents is 1. The molecule has 0 radical (unpaired) electrons. The van der Waals surface area contributed by atoms with E-state index in [0.717, 1.165) is 12.1 Å². The summed E-state index contributed by atoms with van der Waals surface area (Å²) in [6, 6.07) is 7.40. The highest BCUT2D eigenvalue weighted by atomic mass is 35.5. The maximum absolute atomic E-state index is 14.3. The van der Waals surface area contributed by atoms with E-state index in [2.05, 4.69) is 10.3 Å². The highest BCUT2D eigenvalue weighted by molar-refractivity contribution is 6.32. The summed E-state index contributed by atoms with van der Waals surface area (Å²) in [6.07, 6.45) is 1.36. The van der Waals surface area contributed by atoms with Crippen LogP contribution in [-0.2, 0) is 0 Å². The molecule has 6 nitrogen and oxygen atoms in total. The lowest BCUT2D eigenvalue weighted by Gasteiger charge is -2.15. The third-order valence-electron chi connectivity index (χ3n) is 3.90. The van der Waals surface area contributed by atoms with E-state index in [9.17, 15) is 14.8 Å². The molecule has 0 aliphatic rings. The van der Waals surface area contributed by atoms with Gasteiger partial charge in [-0.2, -0.15) is 5.26 Å². The molecule has 2 N–H and O–H groups in total. The number of hydrogen-bond donors (Lipinski definition) is 2. The van der Waals surface area contributed by atoms with Crippen LogP contribution in [0.3, 0.4) is 0 Å². The van der Waals surface area contributed by atoms with E-state index in [4.69, 9.17) is 32.7 Å². The molecule has 9 heteroatoms. The Hall–Kier alpha value is -2.95. The number of aromatic hydroxyl groups is 1. The monoisotopic (exact) mass is 421 g/mol. The summed E-state index contributed by atoms with van der Waals surface area (Å²) >= 11 is 11.4. The molecule has 0 saturated carbocycles. The van der Waals surface area contributed by atoms with Gasteiger partial charge in [0.25, 0.3) is 0 Å². The lowest BCUT2D eigenvalue weighted by molar-refractivity contribution is 0.313. The minimum atomic E-state index is -0.689. The summed E-state index contributed by atoms with van der Waals surface area (Å²) in [7, 11) is 1.47. The number of nitrogens with zero attached hydrogens (tertiary/aromatic N) is 2. The van der Waals surface area contributed by atoms with Gasteiger partial charge in [-0.1, -0.05) is 11.6 Å². The minimum absolute atomic E-state index is 0.0488. The number of phenols is 1. The van der Waals surface area contributed by atoms with Crippen molar-refractivity contribution in [3.63, 3.8) is 0 Å². The quantitative estimate of drug-likeness (QED) is 0.546. The third kappa shape index (κ3) is 3.84. The lowest BCUT2D eigenvalue weighted by Crippen LogP contribution is -2.02. The fraction of sp³-hybridized carbons (Fsp3) is 0.158. The van der Waals surface area contributed by atoms with Gasteiger partial charge in [-0.25, -0.2) is 4.39 Å². The van der Waals surface area contributed by atoms with Gasteiger partial charge >= 0.3 is 0 Å². The largest absolute Gasteiger partial charge is 0.506 e. The molecule has 3 rings (SSSR count). The van der Waals surface area contributed by atoms with Crippen LogP contribution in [-0.4, -0.2) is 29.7 Å². The minimum Gasteiger partial charge on any atom is -0.506 e. The van der Waals surface area contributed by atoms with E-state index >= 15 is 0 Å². The number of alkyl halides is 1. The van der Waals surface area contributed by atoms with Crippen LogP contribution in [0.15, 0.2) is 30.5 Å². The molecule has 0 amide bonds. The Balaban J connectivity index is 2.17. The van der Waals surface area contributed by atoms with E-state index in [1.165, 1.54) is 13.3 Å². The number of methoxy groups -OCH3 is 1. The topological polar surface area (TPSA) is 87.4 Å². The third-order valence-corrected chi connectivity index (χ3v) is 4.36. The van der Waals surface area contributed by atoms with Crippen LogP contribution in [0.4, 0.5) is 15.8 Å². The van der Waals surface area contributed by atoms with Crippen molar-refractivity contribution in [2.45, 2.75) is 0 Å². The molecule has 0 bridgehead atoms. The van der Waals surface area contributed by atoms with Gasteiger partial charge < -0.3 is 19.9 Å². The van der Waals surface area contributed by atoms with Crippen molar-refractivity contribution in [2.24, 2.45) is 0 Å². The first kappa shape index (κ1) is 19.8. The van der Waals surface area contributed by atoms with Crippen molar-refractivity contribution in [3.05, 3.63) is 46.9 Å². The number of anilines is 2. The van der Waals surface area contributed by atoms with E-state index < -0.39 is 5.82 Å². The molecular formula is C19H14Cl2FN3O3. The number of pyridine rings is 1. The number of nitrogens with one attached hydrogen (secondary N) is 1. The zero-order valence-electron chi connectivity index (χ0n) is 14.6. The van der Waals surface area contributed by atoms with Crippen LogP contribution in [0.2, 0.25) is 5.02 Å². The van der Waals surface area contributed by atoms with Crippen molar-refractivity contribution in [3.8, 4) is 23.3 Å². The first-order chi connectivity index (χ1) is 13.5. The summed E-state index contributed by atoms with van der Waals surface area (Å²) in [4.78, 5) is 4.26. The van der Waals surface area contributed by atoms with Crippen LogP contribution in [0, 0.1) is 17.1 Å². The molecule has 0 saturated heterocycles. The van der Waals surface area contributed by atoms with Gasteiger partial charge in [0.2, 0.25) is 0 Å². The standard InChI is InChI=1S/C19H14Cl2FN3O3/c1-27-17-4-11-14(7-18(17)28-3-2-20)24-9-10(8-23)19(11)25-15-6-16(26)12(21)5-13(15)22/h4-7,9,26H,2-3H2,1H3,(H,24,25). The van der Waals surface area contributed by atoms with Crippen molar-refractivity contribution >= 4 is 45.5 Å². The number of hydrogen-bond acceptors (Lipinski definition) is 6. The average molecular weight is 422 g/mol. The Morgan fingerprint density at radius 2 is 2.07 bits per heavy atom. The van der Waals surface area contributed by atoms with Crippen molar-refractivity contribution in [1.82, 2.24) is 4.98 Å². The predicted octanol–water partition coefficient (Wildman–Crippen LogP) is 4.97. The Kier molecular flexibility index (Phi) is 5.93. The average Bonchev–Trinajstić information content (AvgIpc) is 2.69. The van der Waals surface area contributed by atoms with Crippen LogP contribution < -0.4 is 14.8 Å². The summed E-state index contributed by atoms with van der Waals surface area (Å²) in [5.41, 5.74) is 0.922. The summed E-state index contributed by atoms with van der Waals surface area (Å²) in [5.74, 6) is 0.155. The number of fused-ring (bicyclic) bond motifs is 1. The number of rotatable bonds is 6. The van der Waals surface area contributed by atoms with Crippen molar-refractivity contribution in [1.29, 1.82) is 5.26 Å². The Morgan fingerprint density at radius 3 is 2.75 bits per heavy atom. The normalized spacial score (nSPS) is 10.5. The molecule has 0 spiro atoms. The number of aromatic nitrogens is 1. The molecule has 0 unspecified atom stereocenters. The highest BCUT2D eigenvalue weighted by Crippen LogP contribution is 2.38. The highest BCUT2D eigenvalue weighted by Gasteiger charge is 2.16. The molecule has 28 heavy (non-hydrogen) atoms. The van der Waals surface area contributed by atoms with Gasteiger partial charge in [0, 0.05) is 23.7 Å². The molecule has 1 heterocycles. The van der Waals surface area contributed by atoms with Gasteiger partial charge in [-0.05, 0) is 12.1 Å². The molecule has 0 aliphatic heterocycles. The molecule has 1 aromatic heterocycles. The van der Waals surface area contributed by atoms with Gasteiger partial charge in [-0.15, -0.1) is 11.6 Å². The Morgan fingerprint density at radius 1 is 1.29 bits per heavy atom. The van der Waals surface area contributed by atoms with E-state index in [1.807, 2.05) is 6.07 Å². The second-order valence-corrected chi connectivity index (χ2v) is 6.41. The summed E-state index contributed by atoms with van der Waals surface area (Å²) < 4.78 is 25.2. The smallest absolute Gasteiger partial charge is 0.163 e. The second kappa shape index (κ2) is 8.38. The van der Waals surface area contributed by atoms with Crippen molar-refractivity contribution < 1.29 is 19.0 Å². The number of nitriles is 1. The maximum Gasteiger partial charge on any atom is 0.163 e. The van der Waals surface area contributed by atoms with Crippen LogP contribution in [0.1, 0.15) is 5.56 Å². The van der Waals surface area contributed by atoms with Gasteiger partial charge in [0.05, 0.1) is 40.5 Å². The molecule has 144 valence electrons. The van der Waals surface area contributed by atoms with Crippen LogP contribution in [0.25, 0.3) is 10.9 Å². The molecule has 2 aromatic carbocycles. The van der Waals surface area contributed by atoms with Crippen LogP contribution >= 0.6 is 23.2 Å². The predicted molar refractivity (Wildman–Crippen MR) is 106 cm³/mol. The molecule has 3 aromatic rings. The van der Waals surface area contributed by atoms with Crippen molar-refractivity contribution in [2.75, 3.05) is 24.9 Å². The van der Waals surface area contributed by atoms with Gasteiger partial charge in [-0.3, -0.25) is 4.98 Å². The first-order valence-corrected chi connectivity index (χ1v) is 8.94. The SMILES string of the molecule is COc1cc2c(Nc3cc(O)c(Cl)cc3F)c(C#N)cnc2cc1OCCCl. The zero-order valence-corrected chi connectivity index (χ0v) is 16.1. The molecule has 0 fully saturated rings. The lowest BCUT2D eigenvalue weighted by atomic mass is 10.1. The second-order valence-electron chi connectivity index (χ2n) is 5.62. The first-order valence-electron chi connectivity index (χ1n) is 8.03. The fourth-order valence-electron chi connectivity index (χ4n) is 2.61. The fourth-order valence-corrected chi connectivity index (χ4v) is 2.84. The van der Waals surface area contributed by atoms with E-state index in [-0.39, 0.29) is 28.6 Å². The Labute approximate surface area is 170 Å². The van der Waals surface area contributed by atoms with Gasteiger partial charge in [0.1, 0.15) is 24.2 Å². The number of halogens is 3. The molecule has 0 aliphatic carbocycles.